The molecule has 37 heavy (non-hydrogen) atoms. The van der Waals surface area contributed by atoms with Gasteiger partial charge in [-0.15, -0.1) is 0 Å². The van der Waals surface area contributed by atoms with Gasteiger partial charge in [0.15, 0.2) is 11.5 Å². The van der Waals surface area contributed by atoms with Crippen molar-refractivity contribution in [3.05, 3.63) is 127 Å². The number of H-pyrrole nitrogens is 1. The fourth-order valence-electron chi connectivity index (χ4n) is 5.72. The topological polar surface area (TPSA) is 28.3 Å². The molecule has 0 fully saturated rings. The Bertz CT molecular complexity index is 1970. The summed E-state index contributed by atoms with van der Waals surface area (Å²) in [7, 11) is 0. The number of nitrogens with one attached hydrogen (secondary N) is 1. The van der Waals surface area contributed by atoms with E-state index in [9.17, 15) is 0 Å². The van der Waals surface area contributed by atoms with E-state index in [2.05, 4.69) is 119 Å². The van der Waals surface area contributed by atoms with E-state index in [0.717, 1.165) is 50.7 Å². The monoisotopic (exact) mass is 474 g/mol. The lowest BCUT2D eigenvalue weighted by atomic mass is 9.99. The number of rotatable bonds is 2. The molecule has 8 rings (SSSR count). The van der Waals surface area contributed by atoms with Crippen LogP contribution in [-0.4, -0.2) is 4.98 Å². The largest absolute Gasteiger partial charge is 0.453 e. The SMILES string of the molecule is c1ccc(N2c3ccccc3Oc3cc(-c4cccc5c4[nH]c4ccc6ccccc6c45)ccc32)cc1. The molecular formula is C34H22N2O. The minimum Gasteiger partial charge on any atom is -0.453 e. The summed E-state index contributed by atoms with van der Waals surface area (Å²) in [6.45, 7) is 0. The Kier molecular flexibility index (Phi) is 4.23. The molecule has 3 nitrogen and oxygen atoms in total. The summed E-state index contributed by atoms with van der Waals surface area (Å²) in [4.78, 5) is 5.99. The van der Waals surface area contributed by atoms with Crippen molar-refractivity contribution in [2.45, 2.75) is 0 Å². The third kappa shape index (κ3) is 3.01. The first kappa shape index (κ1) is 20.2. The van der Waals surface area contributed by atoms with Crippen molar-refractivity contribution in [1.82, 2.24) is 4.98 Å². The number of benzene rings is 6. The molecule has 1 aliphatic heterocycles. The molecule has 0 bridgehead atoms. The summed E-state index contributed by atoms with van der Waals surface area (Å²) >= 11 is 0. The van der Waals surface area contributed by atoms with Crippen LogP contribution in [0.25, 0.3) is 43.7 Å². The fraction of sp³-hybridized carbons (Fsp3) is 0. The van der Waals surface area contributed by atoms with E-state index in [4.69, 9.17) is 4.74 Å². The number of ether oxygens (including phenoxy) is 1. The van der Waals surface area contributed by atoms with Gasteiger partial charge in [-0.1, -0.05) is 84.9 Å². The van der Waals surface area contributed by atoms with Crippen LogP contribution in [-0.2, 0) is 0 Å². The molecule has 7 aromatic rings. The molecule has 0 aliphatic carbocycles. The molecule has 1 N–H and O–H groups in total. The van der Waals surface area contributed by atoms with E-state index in [1.165, 1.54) is 21.5 Å². The first-order valence-electron chi connectivity index (χ1n) is 12.5. The molecule has 0 unspecified atom stereocenters. The van der Waals surface area contributed by atoms with Gasteiger partial charge in [-0.25, -0.2) is 0 Å². The first-order chi connectivity index (χ1) is 18.3. The van der Waals surface area contributed by atoms with Crippen LogP contribution in [0, 0.1) is 0 Å². The molecule has 2 heterocycles. The third-order valence-corrected chi connectivity index (χ3v) is 7.37. The van der Waals surface area contributed by atoms with Crippen molar-refractivity contribution < 1.29 is 4.74 Å². The Balaban J connectivity index is 1.33. The van der Waals surface area contributed by atoms with E-state index in [1.54, 1.807) is 0 Å². The molecule has 174 valence electrons. The molecule has 0 saturated heterocycles. The van der Waals surface area contributed by atoms with E-state index >= 15 is 0 Å². The van der Waals surface area contributed by atoms with Gasteiger partial charge in [0, 0.05) is 27.5 Å². The highest BCUT2D eigenvalue weighted by atomic mass is 16.5. The number of anilines is 3. The molecule has 3 heteroatoms. The zero-order valence-corrected chi connectivity index (χ0v) is 20.0. The predicted octanol–water partition coefficient (Wildman–Crippen LogP) is 9.72. The Hall–Kier alpha value is -5.02. The van der Waals surface area contributed by atoms with Crippen molar-refractivity contribution in [3.63, 3.8) is 0 Å². The second-order valence-corrected chi connectivity index (χ2v) is 9.49. The van der Waals surface area contributed by atoms with Crippen LogP contribution in [0.15, 0.2) is 127 Å². The van der Waals surface area contributed by atoms with Crippen LogP contribution in [0.1, 0.15) is 0 Å². The lowest BCUT2D eigenvalue weighted by Crippen LogP contribution is -2.15. The van der Waals surface area contributed by atoms with Crippen LogP contribution in [0.3, 0.4) is 0 Å². The standard InChI is InChI=1S/C34H22N2O/c1-2-10-24(11-3-1)36-29-15-6-7-16-31(29)37-32-21-23(18-20-30(32)36)26-13-8-14-27-33-25-12-5-4-9-22(25)17-19-28(33)35-34(26)27/h1-21,35H. The summed E-state index contributed by atoms with van der Waals surface area (Å²) in [5.41, 5.74) is 7.75. The molecule has 0 amide bonds. The molecular weight excluding hydrogens is 452 g/mol. The molecule has 6 aromatic carbocycles. The van der Waals surface area contributed by atoms with Gasteiger partial charge in [0.1, 0.15) is 0 Å². The number of aromatic nitrogens is 1. The minimum atomic E-state index is 0.846. The second kappa shape index (κ2) is 7.74. The fourth-order valence-corrected chi connectivity index (χ4v) is 5.72. The highest BCUT2D eigenvalue weighted by Crippen LogP contribution is 2.51. The van der Waals surface area contributed by atoms with Gasteiger partial charge >= 0.3 is 0 Å². The molecule has 1 aromatic heterocycles. The number of hydrogen-bond donors (Lipinski definition) is 1. The van der Waals surface area contributed by atoms with Gasteiger partial charge in [0.2, 0.25) is 0 Å². The Morgan fingerprint density at radius 3 is 2.30 bits per heavy atom. The van der Waals surface area contributed by atoms with Crippen LogP contribution in [0.2, 0.25) is 0 Å². The minimum absolute atomic E-state index is 0.846. The quantitative estimate of drug-likeness (QED) is 0.270. The van der Waals surface area contributed by atoms with Gasteiger partial charge in [0.05, 0.1) is 16.9 Å². The Labute approximate surface area is 214 Å². The first-order valence-corrected chi connectivity index (χ1v) is 12.5. The molecule has 0 spiro atoms. The van der Waals surface area contributed by atoms with E-state index < -0.39 is 0 Å². The van der Waals surface area contributed by atoms with Crippen LogP contribution >= 0.6 is 0 Å². The van der Waals surface area contributed by atoms with E-state index in [1.807, 2.05) is 18.2 Å². The van der Waals surface area contributed by atoms with Crippen molar-refractivity contribution in [2.75, 3.05) is 4.90 Å². The zero-order chi connectivity index (χ0) is 24.3. The molecule has 0 atom stereocenters. The Morgan fingerprint density at radius 1 is 0.568 bits per heavy atom. The lowest BCUT2D eigenvalue weighted by molar-refractivity contribution is 0.477. The summed E-state index contributed by atoms with van der Waals surface area (Å²) in [5.74, 6) is 1.70. The van der Waals surface area contributed by atoms with Crippen molar-refractivity contribution in [2.24, 2.45) is 0 Å². The average molecular weight is 475 g/mol. The number of hydrogen-bond acceptors (Lipinski definition) is 2. The second-order valence-electron chi connectivity index (χ2n) is 9.49. The van der Waals surface area contributed by atoms with Gasteiger partial charge in [-0.3, -0.25) is 0 Å². The van der Waals surface area contributed by atoms with Crippen molar-refractivity contribution in [1.29, 1.82) is 0 Å². The van der Waals surface area contributed by atoms with Gasteiger partial charge in [-0.2, -0.15) is 0 Å². The van der Waals surface area contributed by atoms with Crippen LogP contribution in [0.5, 0.6) is 11.5 Å². The van der Waals surface area contributed by atoms with Gasteiger partial charge < -0.3 is 14.6 Å². The molecule has 1 aliphatic rings. The van der Waals surface area contributed by atoms with Gasteiger partial charge in [-0.05, 0) is 58.8 Å². The summed E-state index contributed by atoms with van der Waals surface area (Å²) in [6.07, 6.45) is 0. The predicted molar refractivity (Wildman–Crippen MR) is 154 cm³/mol. The summed E-state index contributed by atoms with van der Waals surface area (Å²) < 4.78 is 6.47. The summed E-state index contributed by atoms with van der Waals surface area (Å²) in [5, 5.41) is 5.03. The Morgan fingerprint density at radius 2 is 1.35 bits per heavy atom. The number of nitrogens with zero attached hydrogens (tertiary/aromatic N) is 1. The maximum Gasteiger partial charge on any atom is 0.152 e. The average Bonchev–Trinajstić information content (AvgIpc) is 3.35. The normalized spacial score (nSPS) is 12.5. The summed E-state index contributed by atoms with van der Waals surface area (Å²) in [6, 6.07) is 44.7. The maximum absolute atomic E-state index is 6.47. The third-order valence-electron chi connectivity index (χ3n) is 7.37. The molecule has 0 saturated carbocycles. The lowest BCUT2D eigenvalue weighted by Gasteiger charge is -2.33. The van der Waals surface area contributed by atoms with E-state index in [0.29, 0.717) is 0 Å². The number of para-hydroxylation sites is 4. The highest BCUT2D eigenvalue weighted by Gasteiger charge is 2.26. The van der Waals surface area contributed by atoms with Gasteiger partial charge in [0.25, 0.3) is 0 Å². The van der Waals surface area contributed by atoms with E-state index in [-0.39, 0.29) is 0 Å². The van der Waals surface area contributed by atoms with Crippen molar-refractivity contribution in [3.8, 4) is 22.6 Å². The number of fused-ring (bicyclic) bond motifs is 7. The molecule has 0 radical (unpaired) electrons. The van der Waals surface area contributed by atoms with Crippen molar-refractivity contribution >= 4 is 49.6 Å². The smallest absolute Gasteiger partial charge is 0.152 e. The van der Waals surface area contributed by atoms with Crippen LogP contribution in [0.4, 0.5) is 17.1 Å². The highest BCUT2D eigenvalue weighted by molar-refractivity contribution is 6.22. The maximum atomic E-state index is 6.47. The van der Waals surface area contributed by atoms with Crippen LogP contribution < -0.4 is 9.64 Å². The number of aromatic amines is 1. The zero-order valence-electron chi connectivity index (χ0n) is 20.0.